The first kappa shape index (κ1) is 17.0. The van der Waals surface area contributed by atoms with Gasteiger partial charge >= 0.3 is 11.8 Å². The van der Waals surface area contributed by atoms with Crippen LogP contribution in [0.1, 0.15) is 11.1 Å². The van der Waals surface area contributed by atoms with Crippen molar-refractivity contribution >= 4 is 34.0 Å². The summed E-state index contributed by atoms with van der Waals surface area (Å²) in [5.74, 6) is -0.375. The molecule has 0 saturated heterocycles. The zero-order chi connectivity index (χ0) is 17.6. The molecule has 0 atom stereocenters. The van der Waals surface area contributed by atoms with E-state index in [1.54, 1.807) is 12.1 Å². The highest BCUT2D eigenvalue weighted by atomic mass is 79.9. The van der Waals surface area contributed by atoms with Gasteiger partial charge in [0.1, 0.15) is 0 Å². The van der Waals surface area contributed by atoms with E-state index in [2.05, 4.69) is 31.8 Å². The largest absolute Gasteiger partial charge is 0.454 e. The molecule has 0 saturated carbocycles. The molecule has 7 nitrogen and oxygen atoms in total. The lowest BCUT2D eigenvalue weighted by Crippen LogP contribution is -2.37. The van der Waals surface area contributed by atoms with Gasteiger partial charge in [0.2, 0.25) is 6.79 Å². The minimum atomic E-state index is -0.843. The second kappa shape index (κ2) is 7.80. The summed E-state index contributed by atoms with van der Waals surface area (Å²) in [7, 11) is 0. The Kier molecular flexibility index (Phi) is 5.30. The normalized spacial score (nSPS) is 12.2. The zero-order valence-corrected chi connectivity index (χ0v) is 14.6. The van der Waals surface area contributed by atoms with E-state index in [1.165, 1.54) is 6.21 Å². The number of rotatable bonds is 4. The van der Waals surface area contributed by atoms with Crippen LogP contribution in [0.3, 0.4) is 0 Å². The van der Waals surface area contributed by atoms with Gasteiger partial charge in [-0.05, 0) is 33.6 Å². The molecule has 25 heavy (non-hydrogen) atoms. The van der Waals surface area contributed by atoms with Crippen LogP contribution in [0.25, 0.3) is 0 Å². The maximum Gasteiger partial charge on any atom is 0.329 e. The van der Waals surface area contributed by atoms with Crippen molar-refractivity contribution in [1.29, 1.82) is 0 Å². The first-order valence-corrected chi connectivity index (χ1v) is 8.17. The van der Waals surface area contributed by atoms with Gasteiger partial charge in [0.15, 0.2) is 11.5 Å². The number of hydrazone groups is 1. The second-order valence-electron chi connectivity index (χ2n) is 5.09. The molecule has 0 bridgehead atoms. The average Bonchev–Trinajstić information content (AvgIpc) is 3.07. The summed E-state index contributed by atoms with van der Waals surface area (Å²) in [6.07, 6.45) is 1.41. The number of nitrogens with one attached hydrogen (secondary N) is 2. The predicted molar refractivity (Wildman–Crippen MR) is 94.3 cm³/mol. The van der Waals surface area contributed by atoms with E-state index in [-0.39, 0.29) is 13.3 Å². The van der Waals surface area contributed by atoms with Crippen LogP contribution in [0.2, 0.25) is 0 Å². The summed E-state index contributed by atoms with van der Waals surface area (Å²) in [6.45, 7) is 0.436. The second-order valence-corrected chi connectivity index (χ2v) is 5.95. The van der Waals surface area contributed by atoms with Crippen LogP contribution in [0.5, 0.6) is 11.5 Å². The average molecular weight is 404 g/mol. The van der Waals surface area contributed by atoms with E-state index in [0.717, 1.165) is 10.0 Å². The number of hydrogen-bond acceptors (Lipinski definition) is 5. The molecule has 0 spiro atoms. The number of amides is 2. The summed E-state index contributed by atoms with van der Waals surface area (Å²) in [4.78, 5) is 23.5. The molecule has 2 N–H and O–H groups in total. The molecule has 2 aromatic carbocycles. The Labute approximate surface area is 152 Å². The smallest absolute Gasteiger partial charge is 0.329 e. The number of ether oxygens (including phenoxy) is 2. The van der Waals surface area contributed by atoms with Crippen LogP contribution in [0.15, 0.2) is 52.0 Å². The highest BCUT2D eigenvalue weighted by Crippen LogP contribution is 2.36. The fourth-order valence-electron chi connectivity index (χ4n) is 2.10. The number of benzene rings is 2. The molecule has 128 valence electrons. The summed E-state index contributed by atoms with van der Waals surface area (Å²) >= 11 is 3.38. The van der Waals surface area contributed by atoms with Gasteiger partial charge < -0.3 is 14.8 Å². The third kappa shape index (κ3) is 4.36. The highest BCUT2D eigenvalue weighted by molar-refractivity contribution is 9.10. The van der Waals surface area contributed by atoms with Gasteiger partial charge in [-0.25, -0.2) is 5.43 Å². The van der Waals surface area contributed by atoms with Crippen molar-refractivity contribution in [3.8, 4) is 11.5 Å². The van der Waals surface area contributed by atoms with Gasteiger partial charge in [-0.2, -0.15) is 5.10 Å². The topological polar surface area (TPSA) is 89.0 Å². The molecule has 2 aromatic rings. The lowest BCUT2D eigenvalue weighted by molar-refractivity contribution is -0.139. The predicted octanol–water partition coefficient (Wildman–Crippen LogP) is 1.94. The first-order valence-electron chi connectivity index (χ1n) is 7.38. The maximum atomic E-state index is 11.7. The molecule has 2 amide bonds. The summed E-state index contributed by atoms with van der Waals surface area (Å²) < 4.78 is 11.3. The number of carbonyl (C=O) groups is 2. The monoisotopic (exact) mass is 403 g/mol. The van der Waals surface area contributed by atoms with E-state index in [1.807, 2.05) is 30.3 Å². The van der Waals surface area contributed by atoms with Gasteiger partial charge in [0.25, 0.3) is 0 Å². The fourth-order valence-corrected chi connectivity index (χ4v) is 2.53. The summed E-state index contributed by atoms with van der Waals surface area (Å²) in [5.41, 5.74) is 3.76. The SMILES string of the molecule is O=C(NCc1ccccc1)C(=O)N/N=C\c1cc2c(cc1Br)OCO2. The Morgan fingerprint density at radius 2 is 1.84 bits per heavy atom. The molecular formula is C17H14BrN3O4. The van der Waals surface area contributed by atoms with Crippen LogP contribution in [-0.2, 0) is 16.1 Å². The lowest BCUT2D eigenvalue weighted by Gasteiger charge is -2.04. The van der Waals surface area contributed by atoms with Crippen molar-refractivity contribution in [2.24, 2.45) is 5.10 Å². The van der Waals surface area contributed by atoms with Crippen LogP contribution < -0.4 is 20.2 Å². The third-order valence-electron chi connectivity index (χ3n) is 3.36. The number of fused-ring (bicyclic) bond motifs is 1. The molecule has 0 fully saturated rings. The molecule has 1 heterocycles. The van der Waals surface area contributed by atoms with Gasteiger partial charge in [0.05, 0.1) is 6.21 Å². The Morgan fingerprint density at radius 1 is 1.12 bits per heavy atom. The molecule has 1 aliphatic rings. The molecule has 0 radical (unpaired) electrons. The van der Waals surface area contributed by atoms with Crippen molar-refractivity contribution in [2.45, 2.75) is 6.54 Å². The van der Waals surface area contributed by atoms with Gasteiger partial charge in [0, 0.05) is 16.6 Å². The molecule has 1 aliphatic heterocycles. The van der Waals surface area contributed by atoms with Crippen molar-refractivity contribution in [3.63, 3.8) is 0 Å². The van der Waals surface area contributed by atoms with Gasteiger partial charge in [-0.15, -0.1) is 0 Å². The summed E-state index contributed by atoms with van der Waals surface area (Å²) in [5, 5.41) is 6.31. The van der Waals surface area contributed by atoms with E-state index < -0.39 is 11.8 Å². The number of halogens is 1. The van der Waals surface area contributed by atoms with Crippen LogP contribution in [-0.4, -0.2) is 24.8 Å². The zero-order valence-electron chi connectivity index (χ0n) is 13.0. The molecule has 3 rings (SSSR count). The molecular weight excluding hydrogens is 390 g/mol. The standard InChI is InChI=1S/C17H14BrN3O4/c18-13-7-15-14(24-10-25-15)6-12(13)9-20-21-17(23)16(22)19-8-11-4-2-1-3-5-11/h1-7,9H,8,10H2,(H,19,22)(H,21,23)/b20-9-. The van der Waals surface area contributed by atoms with Crippen molar-refractivity contribution < 1.29 is 19.1 Å². The highest BCUT2D eigenvalue weighted by Gasteiger charge is 2.16. The first-order chi connectivity index (χ1) is 12.1. The van der Waals surface area contributed by atoms with Crippen LogP contribution in [0.4, 0.5) is 0 Å². The number of hydrogen-bond donors (Lipinski definition) is 2. The lowest BCUT2D eigenvalue weighted by atomic mass is 10.2. The maximum absolute atomic E-state index is 11.7. The minimum Gasteiger partial charge on any atom is -0.454 e. The van der Waals surface area contributed by atoms with Crippen molar-refractivity contribution in [1.82, 2.24) is 10.7 Å². The van der Waals surface area contributed by atoms with Crippen molar-refractivity contribution in [3.05, 3.63) is 58.1 Å². The van der Waals surface area contributed by atoms with Crippen LogP contribution >= 0.6 is 15.9 Å². The molecule has 0 unspecified atom stereocenters. The Balaban J connectivity index is 1.53. The van der Waals surface area contributed by atoms with E-state index >= 15 is 0 Å². The quantitative estimate of drug-likeness (QED) is 0.463. The Morgan fingerprint density at radius 3 is 2.60 bits per heavy atom. The Hall–Kier alpha value is -2.87. The van der Waals surface area contributed by atoms with Gasteiger partial charge in [-0.1, -0.05) is 30.3 Å². The fraction of sp³-hybridized carbons (Fsp3) is 0.118. The number of carbonyl (C=O) groups excluding carboxylic acids is 2. The van der Waals surface area contributed by atoms with E-state index in [9.17, 15) is 9.59 Å². The molecule has 0 aromatic heterocycles. The number of nitrogens with zero attached hydrogens (tertiary/aromatic N) is 1. The van der Waals surface area contributed by atoms with Crippen LogP contribution in [0, 0.1) is 0 Å². The van der Waals surface area contributed by atoms with Crippen molar-refractivity contribution in [2.75, 3.05) is 6.79 Å². The Bertz CT molecular complexity index is 824. The van der Waals surface area contributed by atoms with Gasteiger partial charge in [-0.3, -0.25) is 9.59 Å². The molecule has 0 aliphatic carbocycles. The third-order valence-corrected chi connectivity index (χ3v) is 4.05. The molecule has 8 heteroatoms. The van der Waals surface area contributed by atoms with E-state index in [0.29, 0.717) is 17.1 Å². The summed E-state index contributed by atoms with van der Waals surface area (Å²) in [6, 6.07) is 12.8. The van der Waals surface area contributed by atoms with E-state index in [4.69, 9.17) is 9.47 Å². The minimum absolute atomic E-state index is 0.167.